The van der Waals surface area contributed by atoms with E-state index >= 15 is 0 Å². The first-order valence-corrected chi connectivity index (χ1v) is 7.97. The lowest BCUT2D eigenvalue weighted by molar-refractivity contribution is -0.124. The average molecular weight is 335 g/mol. The van der Waals surface area contributed by atoms with Gasteiger partial charge in [-0.25, -0.2) is 0 Å². The molecule has 1 aromatic carbocycles. The summed E-state index contributed by atoms with van der Waals surface area (Å²) in [6.45, 7) is 2.64. The van der Waals surface area contributed by atoms with Crippen LogP contribution in [0.15, 0.2) is 30.5 Å². The van der Waals surface area contributed by atoms with E-state index in [0.29, 0.717) is 24.6 Å². The molecule has 1 atom stereocenters. The number of ether oxygens (including phenoxy) is 1. The van der Waals surface area contributed by atoms with E-state index < -0.39 is 0 Å². The molecule has 1 aliphatic rings. The van der Waals surface area contributed by atoms with Gasteiger partial charge in [-0.2, -0.15) is 5.10 Å². The molecule has 1 amide bonds. The van der Waals surface area contributed by atoms with Gasteiger partial charge in [-0.15, -0.1) is 0 Å². The summed E-state index contributed by atoms with van der Waals surface area (Å²) in [4.78, 5) is 12.0. The highest BCUT2D eigenvalue weighted by molar-refractivity contribution is 6.30. The third-order valence-electron chi connectivity index (χ3n) is 3.74. The van der Waals surface area contributed by atoms with Crippen molar-refractivity contribution in [3.05, 3.63) is 41.0 Å². The number of carbonyl (C=O) groups excluding carboxylic acids is 1. The summed E-state index contributed by atoms with van der Waals surface area (Å²) in [6.07, 6.45) is 2.04. The van der Waals surface area contributed by atoms with E-state index in [-0.39, 0.29) is 12.0 Å². The van der Waals surface area contributed by atoms with Crippen LogP contribution in [-0.4, -0.2) is 41.9 Å². The van der Waals surface area contributed by atoms with Crippen molar-refractivity contribution in [2.45, 2.75) is 19.1 Å². The zero-order valence-corrected chi connectivity index (χ0v) is 13.4. The second-order valence-electron chi connectivity index (χ2n) is 5.45. The predicted molar refractivity (Wildman–Crippen MR) is 88.1 cm³/mol. The number of H-pyrrole nitrogens is 1. The maximum atomic E-state index is 12.0. The molecule has 1 fully saturated rings. The van der Waals surface area contributed by atoms with Crippen molar-refractivity contribution in [1.82, 2.24) is 20.8 Å². The third-order valence-corrected chi connectivity index (χ3v) is 4.00. The van der Waals surface area contributed by atoms with E-state index in [1.165, 1.54) is 0 Å². The zero-order chi connectivity index (χ0) is 16.1. The van der Waals surface area contributed by atoms with Crippen LogP contribution >= 0.6 is 11.6 Å². The summed E-state index contributed by atoms with van der Waals surface area (Å²) in [5.41, 5.74) is 2.80. The van der Waals surface area contributed by atoms with Crippen LogP contribution in [-0.2, 0) is 16.1 Å². The number of rotatable bonds is 5. The van der Waals surface area contributed by atoms with Gasteiger partial charge < -0.3 is 15.4 Å². The Kier molecular flexibility index (Phi) is 5.27. The Morgan fingerprint density at radius 2 is 2.22 bits per heavy atom. The van der Waals surface area contributed by atoms with Gasteiger partial charge in [0.2, 0.25) is 5.91 Å². The lowest BCUT2D eigenvalue weighted by Crippen LogP contribution is -2.41. The van der Waals surface area contributed by atoms with Crippen LogP contribution in [0.2, 0.25) is 5.02 Å². The van der Waals surface area contributed by atoms with Gasteiger partial charge in [-0.3, -0.25) is 9.89 Å². The molecule has 1 unspecified atom stereocenters. The van der Waals surface area contributed by atoms with E-state index in [1.807, 2.05) is 24.3 Å². The Labute approximate surface area is 139 Å². The summed E-state index contributed by atoms with van der Waals surface area (Å²) < 4.78 is 5.54. The summed E-state index contributed by atoms with van der Waals surface area (Å²) in [6, 6.07) is 7.49. The fourth-order valence-electron chi connectivity index (χ4n) is 2.54. The number of hydrogen-bond acceptors (Lipinski definition) is 4. The molecule has 1 saturated heterocycles. The van der Waals surface area contributed by atoms with Gasteiger partial charge >= 0.3 is 0 Å². The molecule has 0 saturated carbocycles. The number of hydrogen-bond donors (Lipinski definition) is 3. The largest absolute Gasteiger partial charge is 0.375 e. The highest BCUT2D eigenvalue weighted by Gasteiger charge is 2.17. The van der Waals surface area contributed by atoms with E-state index in [2.05, 4.69) is 20.8 Å². The number of benzene rings is 1. The number of nitrogens with one attached hydrogen (secondary N) is 3. The number of morpholine rings is 1. The fraction of sp³-hybridized carbons (Fsp3) is 0.375. The van der Waals surface area contributed by atoms with Crippen LogP contribution in [0, 0.1) is 0 Å². The van der Waals surface area contributed by atoms with Gasteiger partial charge in [0.25, 0.3) is 0 Å². The Bertz CT molecular complexity index is 650. The minimum atomic E-state index is -0.0520. The standard InChI is InChI=1S/C16H19ClN4O2/c17-13-3-1-11(2-4-13)16-12(9-20-21-16)8-19-15(22)7-14-10-18-5-6-23-14/h1-4,9,14,18H,5-8,10H2,(H,19,22)(H,20,21). The number of amides is 1. The van der Waals surface area contributed by atoms with Gasteiger partial charge in [0, 0.05) is 30.2 Å². The minimum Gasteiger partial charge on any atom is -0.375 e. The highest BCUT2D eigenvalue weighted by Crippen LogP contribution is 2.22. The molecule has 3 rings (SSSR count). The Morgan fingerprint density at radius 3 is 2.96 bits per heavy atom. The monoisotopic (exact) mass is 334 g/mol. The maximum absolute atomic E-state index is 12.0. The van der Waals surface area contributed by atoms with Crippen molar-refractivity contribution in [3.63, 3.8) is 0 Å². The molecular weight excluding hydrogens is 316 g/mol. The van der Waals surface area contributed by atoms with Gasteiger partial charge in [-0.1, -0.05) is 23.7 Å². The molecule has 2 aromatic rings. The fourth-order valence-corrected chi connectivity index (χ4v) is 2.66. The SMILES string of the molecule is O=C(CC1CNCCO1)NCc1cn[nH]c1-c1ccc(Cl)cc1. The molecular formula is C16H19ClN4O2. The number of halogens is 1. The summed E-state index contributed by atoms with van der Waals surface area (Å²) in [5, 5.41) is 13.9. The van der Waals surface area contributed by atoms with Crippen molar-refractivity contribution in [3.8, 4) is 11.3 Å². The van der Waals surface area contributed by atoms with Crippen LogP contribution < -0.4 is 10.6 Å². The van der Waals surface area contributed by atoms with Crippen LogP contribution in [0.3, 0.4) is 0 Å². The quantitative estimate of drug-likeness (QED) is 0.778. The molecule has 2 heterocycles. The maximum Gasteiger partial charge on any atom is 0.222 e. The van der Waals surface area contributed by atoms with Crippen molar-refractivity contribution in [1.29, 1.82) is 0 Å². The van der Waals surface area contributed by atoms with Gasteiger partial charge in [0.1, 0.15) is 0 Å². The molecule has 6 nitrogen and oxygen atoms in total. The normalized spacial score (nSPS) is 17.9. The van der Waals surface area contributed by atoms with Crippen LogP contribution in [0.25, 0.3) is 11.3 Å². The summed E-state index contributed by atoms with van der Waals surface area (Å²) >= 11 is 5.91. The molecule has 3 N–H and O–H groups in total. The zero-order valence-electron chi connectivity index (χ0n) is 12.6. The Morgan fingerprint density at radius 1 is 1.39 bits per heavy atom. The number of aromatic nitrogens is 2. The van der Waals surface area contributed by atoms with E-state index in [4.69, 9.17) is 16.3 Å². The molecule has 0 bridgehead atoms. The summed E-state index contributed by atoms with van der Waals surface area (Å²) in [5.74, 6) is -0.0260. The van der Waals surface area contributed by atoms with Crippen LogP contribution in [0.1, 0.15) is 12.0 Å². The van der Waals surface area contributed by atoms with Crippen molar-refractivity contribution < 1.29 is 9.53 Å². The van der Waals surface area contributed by atoms with Crippen LogP contribution in [0.4, 0.5) is 0 Å². The number of aromatic amines is 1. The second kappa shape index (κ2) is 7.59. The minimum absolute atomic E-state index is 0.0260. The number of nitrogens with zero attached hydrogens (tertiary/aromatic N) is 1. The molecule has 0 radical (unpaired) electrons. The number of carbonyl (C=O) groups is 1. The summed E-state index contributed by atoms with van der Waals surface area (Å²) in [7, 11) is 0. The van der Waals surface area contributed by atoms with Gasteiger partial charge in [0.05, 0.1) is 31.0 Å². The Balaban J connectivity index is 1.57. The molecule has 0 spiro atoms. The van der Waals surface area contributed by atoms with Crippen molar-refractivity contribution in [2.24, 2.45) is 0 Å². The van der Waals surface area contributed by atoms with E-state index in [0.717, 1.165) is 29.9 Å². The smallest absolute Gasteiger partial charge is 0.222 e. The molecule has 7 heteroatoms. The first kappa shape index (κ1) is 16.0. The first-order chi connectivity index (χ1) is 11.2. The highest BCUT2D eigenvalue weighted by atomic mass is 35.5. The lowest BCUT2D eigenvalue weighted by atomic mass is 10.1. The van der Waals surface area contributed by atoms with Crippen molar-refractivity contribution >= 4 is 17.5 Å². The Hall–Kier alpha value is -1.89. The molecule has 1 aromatic heterocycles. The molecule has 122 valence electrons. The van der Waals surface area contributed by atoms with Crippen molar-refractivity contribution in [2.75, 3.05) is 19.7 Å². The third kappa shape index (κ3) is 4.31. The predicted octanol–water partition coefficient (Wildman–Crippen LogP) is 1.72. The van der Waals surface area contributed by atoms with E-state index in [9.17, 15) is 4.79 Å². The molecule has 0 aliphatic carbocycles. The van der Waals surface area contributed by atoms with Crippen LogP contribution in [0.5, 0.6) is 0 Å². The first-order valence-electron chi connectivity index (χ1n) is 7.59. The van der Waals surface area contributed by atoms with Gasteiger partial charge in [0.15, 0.2) is 0 Å². The molecule has 1 aliphatic heterocycles. The second-order valence-corrected chi connectivity index (χ2v) is 5.89. The molecule has 23 heavy (non-hydrogen) atoms. The van der Waals surface area contributed by atoms with Gasteiger partial charge in [-0.05, 0) is 17.7 Å². The van der Waals surface area contributed by atoms with E-state index in [1.54, 1.807) is 6.20 Å². The average Bonchev–Trinajstić information content (AvgIpc) is 3.03. The topological polar surface area (TPSA) is 79.0 Å². The lowest BCUT2D eigenvalue weighted by Gasteiger charge is -2.23.